The normalized spacial score (nSPS) is 12.6. The second kappa shape index (κ2) is 5.85. The minimum absolute atomic E-state index is 0.0812. The SMILES string of the molecule is Cc1ccc(C(Cl)c2c(C)c(C)c(C)c(C)c2C)cc1C. The van der Waals surface area contributed by atoms with Crippen LogP contribution in [-0.2, 0) is 0 Å². The molecule has 0 saturated heterocycles. The van der Waals surface area contributed by atoms with Crippen LogP contribution in [0.25, 0.3) is 0 Å². The summed E-state index contributed by atoms with van der Waals surface area (Å²) < 4.78 is 0. The second-order valence-electron chi connectivity index (χ2n) is 6.24. The molecule has 0 nitrogen and oxygen atoms in total. The van der Waals surface area contributed by atoms with Crippen molar-refractivity contribution in [3.05, 3.63) is 68.3 Å². The lowest BCUT2D eigenvalue weighted by molar-refractivity contribution is 1.03. The maximum absolute atomic E-state index is 6.86. The standard InChI is InChI=1S/C20H25Cl/c1-11-8-9-18(10-12(11)2)20(21)19-16(6)14(4)13(3)15(5)17(19)7/h8-10,20H,1-7H3. The molecule has 2 rings (SSSR count). The number of hydrogen-bond donors (Lipinski definition) is 0. The van der Waals surface area contributed by atoms with Gasteiger partial charge in [0.05, 0.1) is 5.38 Å². The lowest BCUT2D eigenvalue weighted by atomic mass is 9.86. The molecule has 2 aromatic carbocycles. The fourth-order valence-corrected chi connectivity index (χ4v) is 3.46. The first-order valence-corrected chi connectivity index (χ1v) is 7.97. The molecule has 0 bridgehead atoms. The van der Waals surface area contributed by atoms with Gasteiger partial charge in [0, 0.05) is 0 Å². The van der Waals surface area contributed by atoms with E-state index in [2.05, 4.69) is 66.7 Å². The van der Waals surface area contributed by atoms with Gasteiger partial charge >= 0.3 is 0 Å². The summed E-state index contributed by atoms with van der Waals surface area (Å²) in [5, 5.41) is -0.0812. The van der Waals surface area contributed by atoms with Gasteiger partial charge in [-0.1, -0.05) is 18.2 Å². The van der Waals surface area contributed by atoms with Crippen LogP contribution >= 0.6 is 11.6 Å². The Hall–Kier alpha value is -1.27. The molecule has 0 amide bonds. The van der Waals surface area contributed by atoms with E-state index in [4.69, 9.17) is 11.6 Å². The molecule has 0 fully saturated rings. The number of rotatable bonds is 2. The molecule has 0 aromatic heterocycles. The molecular formula is C20H25Cl. The number of alkyl halides is 1. The number of benzene rings is 2. The molecule has 1 heteroatoms. The average molecular weight is 301 g/mol. The molecule has 0 heterocycles. The fourth-order valence-electron chi connectivity index (χ4n) is 3.00. The topological polar surface area (TPSA) is 0 Å². The van der Waals surface area contributed by atoms with Crippen molar-refractivity contribution in [1.82, 2.24) is 0 Å². The van der Waals surface area contributed by atoms with E-state index < -0.39 is 0 Å². The van der Waals surface area contributed by atoms with Crippen molar-refractivity contribution >= 4 is 11.6 Å². The summed E-state index contributed by atoms with van der Waals surface area (Å²) in [6.07, 6.45) is 0. The van der Waals surface area contributed by atoms with Crippen LogP contribution < -0.4 is 0 Å². The summed E-state index contributed by atoms with van der Waals surface area (Å²) >= 11 is 6.86. The molecule has 1 atom stereocenters. The summed E-state index contributed by atoms with van der Waals surface area (Å²) in [4.78, 5) is 0. The van der Waals surface area contributed by atoms with Crippen LogP contribution in [0.2, 0.25) is 0 Å². The van der Waals surface area contributed by atoms with E-state index in [9.17, 15) is 0 Å². The van der Waals surface area contributed by atoms with E-state index >= 15 is 0 Å². The first kappa shape index (κ1) is 16.1. The monoisotopic (exact) mass is 300 g/mol. The fraction of sp³-hybridized carbons (Fsp3) is 0.400. The highest BCUT2D eigenvalue weighted by atomic mass is 35.5. The van der Waals surface area contributed by atoms with Gasteiger partial charge in [-0.25, -0.2) is 0 Å². The van der Waals surface area contributed by atoms with Gasteiger partial charge in [0.2, 0.25) is 0 Å². The van der Waals surface area contributed by atoms with E-state index in [0.717, 1.165) is 0 Å². The predicted molar refractivity (Wildman–Crippen MR) is 93.7 cm³/mol. The Morgan fingerprint density at radius 2 is 1.14 bits per heavy atom. The van der Waals surface area contributed by atoms with Gasteiger partial charge < -0.3 is 0 Å². The summed E-state index contributed by atoms with van der Waals surface area (Å²) in [6.45, 7) is 15.3. The summed E-state index contributed by atoms with van der Waals surface area (Å²) in [7, 11) is 0. The van der Waals surface area contributed by atoms with E-state index in [1.807, 2.05) is 0 Å². The molecular weight excluding hydrogens is 276 g/mol. The molecule has 0 radical (unpaired) electrons. The molecule has 0 aliphatic rings. The maximum atomic E-state index is 6.86. The van der Waals surface area contributed by atoms with Crippen molar-refractivity contribution in [2.45, 2.75) is 53.8 Å². The quantitative estimate of drug-likeness (QED) is 0.581. The van der Waals surface area contributed by atoms with Gasteiger partial charge in [-0.05, 0) is 98.5 Å². The minimum atomic E-state index is -0.0812. The summed E-state index contributed by atoms with van der Waals surface area (Å²) in [5.74, 6) is 0. The number of aryl methyl sites for hydroxylation is 2. The molecule has 0 N–H and O–H groups in total. The third kappa shape index (κ3) is 2.74. The van der Waals surface area contributed by atoms with Crippen molar-refractivity contribution in [1.29, 1.82) is 0 Å². The van der Waals surface area contributed by atoms with Crippen LogP contribution in [0.1, 0.15) is 55.4 Å². The van der Waals surface area contributed by atoms with E-state index in [-0.39, 0.29) is 5.38 Å². The highest BCUT2D eigenvalue weighted by Crippen LogP contribution is 2.37. The van der Waals surface area contributed by atoms with Crippen molar-refractivity contribution in [3.63, 3.8) is 0 Å². The van der Waals surface area contributed by atoms with Gasteiger partial charge in [0.15, 0.2) is 0 Å². The smallest absolute Gasteiger partial charge is 0.0840 e. The number of hydrogen-bond acceptors (Lipinski definition) is 0. The highest BCUT2D eigenvalue weighted by molar-refractivity contribution is 6.22. The predicted octanol–water partition coefficient (Wildman–Crippen LogP) is 6.17. The van der Waals surface area contributed by atoms with Crippen LogP contribution in [0.15, 0.2) is 18.2 Å². The highest BCUT2D eigenvalue weighted by Gasteiger charge is 2.20. The maximum Gasteiger partial charge on any atom is 0.0840 e. The van der Waals surface area contributed by atoms with Crippen molar-refractivity contribution in [2.75, 3.05) is 0 Å². The van der Waals surface area contributed by atoms with Crippen molar-refractivity contribution < 1.29 is 0 Å². The Balaban J connectivity index is 2.63. The van der Waals surface area contributed by atoms with Crippen molar-refractivity contribution in [3.8, 4) is 0 Å². The molecule has 21 heavy (non-hydrogen) atoms. The third-order valence-corrected chi connectivity index (χ3v) is 5.61. The second-order valence-corrected chi connectivity index (χ2v) is 6.68. The Morgan fingerprint density at radius 1 is 0.667 bits per heavy atom. The zero-order chi connectivity index (χ0) is 15.9. The van der Waals surface area contributed by atoms with Crippen LogP contribution in [-0.4, -0.2) is 0 Å². The van der Waals surface area contributed by atoms with Gasteiger partial charge in [0.25, 0.3) is 0 Å². The van der Waals surface area contributed by atoms with Crippen LogP contribution in [0.3, 0.4) is 0 Å². The first-order valence-electron chi connectivity index (χ1n) is 7.53. The Bertz CT molecular complexity index is 666. The van der Waals surface area contributed by atoms with E-state index in [1.165, 1.54) is 50.1 Å². The van der Waals surface area contributed by atoms with Crippen LogP contribution in [0.4, 0.5) is 0 Å². The van der Waals surface area contributed by atoms with E-state index in [0.29, 0.717) is 0 Å². The Labute approximate surface area is 134 Å². The van der Waals surface area contributed by atoms with Crippen molar-refractivity contribution in [2.24, 2.45) is 0 Å². The zero-order valence-corrected chi connectivity index (χ0v) is 14.9. The molecule has 0 saturated carbocycles. The molecule has 112 valence electrons. The minimum Gasteiger partial charge on any atom is -0.113 e. The average Bonchev–Trinajstić information content (AvgIpc) is 2.46. The van der Waals surface area contributed by atoms with Gasteiger partial charge in [-0.15, -0.1) is 11.6 Å². The molecule has 1 unspecified atom stereocenters. The van der Waals surface area contributed by atoms with Gasteiger partial charge in [-0.2, -0.15) is 0 Å². The van der Waals surface area contributed by atoms with Gasteiger partial charge in [-0.3, -0.25) is 0 Å². The number of halogens is 1. The molecule has 2 aromatic rings. The summed E-state index contributed by atoms with van der Waals surface area (Å²) in [6, 6.07) is 6.54. The van der Waals surface area contributed by atoms with E-state index in [1.54, 1.807) is 0 Å². The molecule has 0 aliphatic heterocycles. The molecule has 0 aliphatic carbocycles. The zero-order valence-electron chi connectivity index (χ0n) is 14.2. The first-order chi connectivity index (χ1) is 9.75. The lowest BCUT2D eigenvalue weighted by Gasteiger charge is -2.22. The molecule has 0 spiro atoms. The van der Waals surface area contributed by atoms with Gasteiger partial charge in [0.1, 0.15) is 0 Å². The lowest BCUT2D eigenvalue weighted by Crippen LogP contribution is -2.06. The van der Waals surface area contributed by atoms with Crippen LogP contribution in [0, 0.1) is 48.5 Å². The summed E-state index contributed by atoms with van der Waals surface area (Å²) in [5.41, 5.74) is 11.8. The third-order valence-electron chi connectivity index (χ3n) is 5.14. The van der Waals surface area contributed by atoms with Crippen LogP contribution in [0.5, 0.6) is 0 Å². The Kier molecular flexibility index (Phi) is 4.49. The Morgan fingerprint density at radius 3 is 1.62 bits per heavy atom. The largest absolute Gasteiger partial charge is 0.113 e.